The third-order valence-corrected chi connectivity index (χ3v) is 7.89. The van der Waals surface area contributed by atoms with Crippen LogP contribution in [-0.4, -0.2) is 16.8 Å². The van der Waals surface area contributed by atoms with Crippen LogP contribution in [0.4, 0.5) is 11.4 Å². The summed E-state index contributed by atoms with van der Waals surface area (Å²) in [5.41, 5.74) is 0.610. The van der Waals surface area contributed by atoms with Crippen molar-refractivity contribution in [1.29, 1.82) is 0 Å². The minimum atomic E-state index is -3.94. The van der Waals surface area contributed by atoms with Crippen molar-refractivity contribution in [2.75, 3.05) is 9.44 Å². The van der Waals surface area contributed by atoms with E-state index >= 15 is 0 Å². The van der Waals surface area contributed by atoms with Crippen molar-refractivity contribution in [3.63, 3.8) is 0 Å². The number of benzene rings is 2. The summed E-state index contributed by atoms with van der Waals surface area (Å²) < 4.78 is 54.6. The smallest absolute Gasteiger partial charge is 0.264 e. The average molecular weight is 463 g/mol. The molecule has 2 N–H and O–H groups in total. The second kappa shape index (κ2) is 7.69. The molecule has 3 rings (SSSR count). The average Bonchev–Trinajstić information content (AvgIpc) is 2.95. The quantitative estimate of drug-likeness (QED) is 0.556. The van der Waals surface area contributed by atoms with Crippen LogP contribution < -0.4 is 9.44 Å². The van der Waals surface area contributed by atoms with Gasteiger partial charge in [0.05, 0.1) is 9.23 Å². The zero-order chi connectivity index (χ0) is 19.7. The molecule has 2 aromatic carbocycles. The molecule has 142 valence electrons. The van der Waals surface area contributed by atoms with Gasteiger partial charge in [0, 0.05) is 11.4 Å². The molecule has 3 aromatic rings. The molecule has 6 nitrogen and oxygen atoms in total. The summed E-state index contributed by atoms with van der Waals surface area (Å²) in [6, 6.07) is 15.0. The van der Waals surface area contributed by atoms with Crippen LogP contribution in [0.25, 0.3) is 0 Å². The fraction of sp³-hybridized carbons (Fsp3) is 0. The van der Waals surface area contributed by atoms with Crippen LogP contribution in [-0.2, 0) is 20.0 Å². The monoisotopic (exact) mass is 462 g/mol. The zero-order valence-corrected chi connectivity index (χ0v) is 17.3. The fourth-order valence-electron chi connectivity index (χ4n) is 2.14. The van der Waals surface area contributed by atoms with Crippen LogP contribution in [0.2, 0.25) is 8.67 Å². The van der Waals surface area contributed by atoms with Gasteiger partial charge in [-0.3, -0.25) is 9.44 Å². The number of halogens is 2. The molecular formula is C16H12Cl2N2O4S3. The molecule has 1 heterocycles. The number of sulfonamides is 2. The first-order valence-electron chi connectivity index (χ1n) is 7.33. The molecule has 0 unspecified atom stereocenters. The van der Waals surface area contributed by atoms with Crippen molar-refractivity contribution in [2.45, 2.75) is 9.79 Å². The fourth-order valence-corrected chi connectivity index (χ4v) is 6.41. The Morgan fingerprint density at radius 3 is 1.85 bits per heavy atom. The minimum Gasteiger partial charge on any atom is -0.280 e. The highest BCUT2D eigenvalue weighted by Gasteiger charge is 2.21. The first-order chi connectivity index (χ1) is 12.7. The van der Waals surface area contributed by atoms with E-state index in [0.29, 0.717) is 5.69 Å². The Kier molecular flexibility index (Phi) is 5.68. The molecule has 11 heteroatoms. The third kappa shape index (κ3) is 4.74. The van der Waals surface area contributed by atoms with Crippen molar-refractivity contribution < 1.29 is 16.8 Å². The maximum absolute atomic E-state index is 12.4. The van der Waals surface area contributed by atoms with Gasteiger partial charge < -0.3 is 0 Å². The molecule has 0 spiro atoms. The predicted octanol–water partition coefficient (Wildman–Crippen LogP) is 4.66. The first-order valence-corrected chi connectivity index (χ1v) is 11.9. The maximum atomic E-state index is 12.4. The van der Waals surface area contributed by atoms with Gasteiger partial charge in [-0.1, -0.05) is 41.4 Å². The van der Waals surface area contributed by atoms with Gasteiger partial charge in [0.15, 0.2) is 0 Å². The van der Waals surface area contributed by atoms with Crippen LogP contribution in [0.1, 0.15) is 0 Å². The standard InChI is InChI=1S/C16H12Cl2N2O4S3/c17-15-10-14(16(18)25-15)27(23,24)20-12-6-8-13(9-7-12)26(21,22)19-11-4-2-1-3-5-11/h1-10,19-20H. The van der Waals surface area contributed by atoms with E-state index in [1.807, 2.05) is 0 Å². The Labute approximate surface area is 170 Å². The first kappa shape index (κ1) is 20.0. The number of nitrogens with one attached hydrogen (secondary N) is 2. The van der Waals surface area contributed by atoms with E-state index in [1.54, 1.807) is 30.3 Å². The van der Waals surface area contributed by atoms with Crippen molar-refractivity contribution >= 4 is 66.0 Å². The summed E-state index contributed by atoms with van der Waals surface area (Å²) in [6.07, 6.45) is 0. The molecule has 0 bridgehead atoms. The van der Waals surface area contributed by atoms with Gasteiger partial charge >= 0.3 is 0 Å². The number of hydrogen-bond donors (Lipinski definition) is 2. The molecule has 0 amide bonds. The molecule has 0 saturated heterocycles. The van der Waals surface area contributed by atoms with E-state index in [9.17, 15) is 16.8 Å². The van der Waals surface area contributed by atoms with E-state index in [4.69, 9.17) is 23.2 Å². The Morgan fingerprint density at radius 2 is 1.30 bits per heavy atom. The molecule has 1 aromatic heterocycles. The van der Waals surface area contributed by atoms with Gasteiger partial charge in [-0.05, 0) is 42.5 Å². The van der Waals surface area contributed by atoms with Crippen LogP contribution in [0.15, 0.2) is 70.5 Å². The Bertz CT molecular complexity index is 1160. The zero-order valence-electron chi connectivity index (χ0n) is 13.4. The molecule has 0 aliphatic carbocycles. The third-order valence-electron chi connectivity index (χ3n) is 3.36. The molecule has 0 atom stereocenters. The second-order valence-corrected chi connectivity index (χ2v) is 10.9. The normalized spacial score (nSPS) is 11.9. The maximum Gasteiger partial charge on any atom is 0.264 e. The van der Waals surface area contributed by atoms with Gasteiger partial charge in [-0.25, -0.2) is 16.8 Å². The van der Waals surface area contributed by atoms with E-state index in [0.717, 1.165) is 11.3 Å². The van der Waals surface area contributed by atoms with Crippen molar-refractivity contribution in [3.8, 4) is 0 Å². The van der Waals surface area contributed by atoms with Crippen LogP contribution in [0.3, 0.4) is 0 Å². The SMILES string of the molecule is O=S(=O)(Nc1ccccc1)c1ccc(NS(=O)(=O)c2cc(Cl)sc2Cl)cc1. The molecule has 27 heavy (non-hydrogen) atoms. The highest BCUT2D eigenvalue weighted by molar-refractivity contribution is 7.93. The summed E-state index contributed by atoms with van der Waals surface area (Å²) in [5.74, 6) is 0. The van der Waals surface area contributed by atoms with E-state index in [2.05, 4.69) is 9.44 Å². The van der Waals surface area contributed by atoms with Gasteiger partial charge in [0.2, 0.25) is 0 Å². The van der Waals surface area contributed by atoms with Crippen LogP contribution in [0, 0.1) is 0 Å². The van der Waals surface area contributed by atoms with Gasteiger partial charge in [0.25, 0.3) is 20.0 Å². The largest absolute Gasteiger partial charge is 0.280 e. The summed E-state index contributed by atoms with van der Waals surface area (Å²) in [5, 5.41) is 0. The highest BCUT2D eigenvalue weighted by Crippen LogP contribution is 2.35. The molecule has 0 aliphatic rings. The molecule has 0 aliphatic heterocycles. The summed E-state index contributed by atoms with van der Waals surface area (Å²) in [4.78, 5) is -0.146. The number of rotatable bonds is 6. The van der Waals surface area contributed by atoms with E-state index in [-0.39, 0.29) is 24.2 Å². The van der Waals surface area contributed by atoms with Crippen LogP contribution >= 0.6 is 34.5 Å². The lowest BCUT2D eigenvalue weighted by molar-refractivity contribution is 0.600. The Hall–Kier alpha value is -1.78. The lowest BCUT2D eigenvalue weighted by atomic mass is 10.3. The lowest BCUT2D eigenvalue weighted by Crippen LogP contribution is -2.14. The Balaban J connectivity index is 1.80. The summed E-state index contributed by atoms with van der Waals surface area (Å²) in [7, 11) is -7.73. The number of thiophene rings is 1. The van der Waals surface area contributed by atoms with E-state index < -0.39 is 20.0 Å². The molecular weight excluding hydrogens is 451 g/mol. The van der Waals surface area contributed by atoms with Crippen molar-refractivity contribution in [2.24, 2.45) is 0 Å². The van der Waals surface area contributed by atoms with E-state index in [1.165, 1.54) is 30.3 Å². The lowest BCUT2D eigenvalue weighted by Gasteiger charge is -2.10. The summed E-state index contributed by atoms with van der Waals surface area (Å²) in [6.45, 7) is 0. The molecule has 0 radical (unpaired) electrons. The van der Waals surface area contributed by atoms with Crippen LogP contribution in [0.5, 0.6) is 0 Å². The van der Waals surface area contributed by atoms with Gasteiger partial charge in [-0.2, -0.15) is 0 Å². The Morgan fingerprint density at radius 1 is 0.741 bits per heavy atom. The van der Waals surface area contributed by atoms with Gasteiger partial charge in [-0.15, -0.1) is 11.3 Å². The summed E-state index contributed by atoms with van der Waals surface area (Å²) >= 11 is 12.6. The molecule has 0 fully saturated rings. The number of hydrogen-bond acceptors (Lipinski definition) is 5. The van der Waals surface area contributed by atoms with Crippen molar-refractivity contribution in [1.82, 2.24) is 0 Å². The highest BCUT2D eigenvalue weighted by atomic mass is 35.5. The molecule has 0 saturated carbocycles. The van der Waals surface area contributed by atoms with Crippen molar-refractivity contribution in [3.05, 3.63) is 69.3 Å². The topological polar surface area (TPSA) is 92.3 Å². The van der Waals surface area contributed by atoms with Gasteiger partial charge in [0.1, 0.15) is 9.23 Å². The minimum absolute atomic E-state index is 0.00842. The second-order valence-electron chi connectivity index (χ2n) is 5.29. The number of anilines is 2. The predicted molar refractivity (Wildman–Crippen MR) is 109 cm³/mol. The number of para-hydroxylation sites is 1.